The molecule has 3 nitrogen and oxygen atoms in total. The van der Waals surface area contributed by atoms with Crippen LogP contribution in [-0.2, 0) is 22.6 Å². The summed E-state index contributed by atoms with van der Waals surface area (Å²) in [5.74, 6) is 0.716. The zero-order chi connectivity index (χ0) is 23.0. The van der Waals surface area contributed by atoms with Gasteiger partial charge in [0.05, 0.1) is 12.7 Å². The Morgan fingerprint density at radius 1 is 0.970 bits per heavy atom. The van der Waals surface area contributed by atoms with Crippen LogP contribution in [0.3, 0.4) is 0 Å². The summed E-state index contributed by atoms with van der Waals surface area (Å²) in [5.41, 5.74) is 4.07. The first-order valence-electron chi connectivity index (χ1n) is 11.8. The van der Waals surface area contributed by atoms with Gasteiger partial charge in [0.15, 0.2) is 0 Å². The topological polar surface area (TPSA) is 35.5 Å². The van der Waals surface area contributed by atoms with Gasteiger partial charge in [-0.25, -0.2) is 4.39 Å². The molecular weight excluding hydrogens is 415 g/mol. The summed E-state index contributed by atoms with van der Waals surface area (Å²) in [7, 11) is 0. The second-order valence-corrected chi connectivity index (χ2v) is 8.86. The maximum absolute atomic E-state index is 13.9. The predicted octanol–water partition coefficient (Wildman–Crippen LogP) is 6.92. The van der Waals surface area contributed by atoms with Crippen LogP contribution in [0, 0.1) is 5.82 Å². The highest BCUT2D eigenvalue weighted by Crippen LogP contribution is 2.33. The zero-order valence-corrected chi connectivity index (χ0v) is 19.1. The predicted molar refractivity (Wildman–Crippen MR) is 129 cm³/mol. The van der Waals surface area contributed by atoms with Gasteiger partial charge < -0.3 is 14.3 Å². The number of ether oxygens (including phenoxy) is 2. The first-order valence-corrected chi connectivity index (χ1v) is 11.8. The SMILES string of the molecule is CC(=O)CCCc1ccc(O[C@@H]2CC[C@@H](OCc3ccccc3)C2)cc1-c1cccc(F)c1. The summed E-state index contributed by atoms with van der Waals surface area (Å²) in [5, 5.41) is 0. The quantitative estimate of drug-likeness (QED) is 0.339. The molecule has 0 aromatic heterocycles. The molecule has 33 heavy (non-hydrogen) atoms. The lowest BCUT2D eigenvalue weighted by atomic mass is 9.95. The summed E-state index contributed by atoms with van der Waals surface area (Å²) in [4.78, 5) is 11.4. The van der Waals surface area contributed by atoms with Gasteiger partial charge in [0.25, 0.3) is 0 Å². The van der Waals surface area contributed by atoms with Crippen LogP contribution in [0.4, 0.5) is 4.39 Å². The molecule has 0 saturated heterocycles. The summed E-state index contributed by atoms with van der Waals surface area (Å²) < 4.78 is 26.3. The molecule has 4 heteroatoms. The van der Waals surface area contributed by atoms with Crippen LogP contribution in [0.2, 0.25) is 0 Å². The molecule has 0 bridgehead atoms. The zero-order valence-electron chi connectivity index (χ0n) is 19.1. The number of halogens is 1. The Hall–Kier alpha value is -2.98. The van der Waals surface area contributed by atoms with E-state index in [-0.39, 0.29) is 23.8 Å². The van der Waals surface area contributed by atoms with Crippen LogP contribution in [0.25, 0.3) is 11.1 Å². The van der Waals surface area contributed by atoms with Gasteiger partial charge in [0, 0.05) is 12.8 Å². The molecule has 0 heterocycles. The Balaban J connectivity index is 1.42. The molecule has 3 aromatic carbocycles. The van der Waals surface area contributed by atoms with Crippen molar-refractivity contribution in [1.29, 1.82) is 0 Å². The van der Waals surface area contributed by atoms with Crippen LogP contribution in [0.1, 0.15) is 50.2 Å². The second-order valence-electron chi connectivity index (χ2n) is 8.86. The van der Waals surface area contributed by atoms with Crippen molar-refractivity contribution in [3.63, 3.8) is 0 Å². The third-order valence-electron chi connectivity index (χ3n) is 6.16. The number of hydrogen-bond acceptors (Lipinski definition) is 3. The molecule has 0 unspecified atom stereocenters. The molecule has 3 aromatic rings. The number of ketones is 1. The number of aryl methyl sites for hydroxylation is 1. The minimum absolute atomic E-state index is 0.106. The smallest absolute Gasteiger partial charge is 0.129 e. The summed E-state index contributed by atoms with van der Waals surface area (Å²) in [6.07, 6.45) is 5.20. The number of carbonyl (C=O) groups excluding carboxylic acids is 1. The van der Waals surface area contributed by atoms with Gasteiger partial charge in [0.1, 0.15) is 23.5 Å². The van der Waals surface area contributed by atoms with Crippen LogP contribution in [0.15, 0.2) is 72.8 Å². The lowest BCUT2D eigenvalue weighted by Crippen LogP contribution is -2.15. The van der Waals surface area contributed by atoms with E-state index in [1.54, 1.807) is 19.1 Å². The third-order valence-corrected chi connectivity index (χ3v) is 6.16. The second kappa shape index (κ2) is 11.2. The van der Waals surface area contributed by atoms with Crippen molar-refractivity contribution >= 4 is 5.78 Å². The number of Topliss-reactive ketones (excluding diaryl/α,β-unsaturated/α-hetero) is 1. The number of hydrogen-bond donors (Lipinski definition) is 0. The van der Waals surface area contributed by atoms with E-state index in [9.17, 15) is 9.18 Å². The van der Waals surface area contributed by atoms with Crippen molar-refractivity contribution < 1.29 is 18.7 Å². The Kier molecular flexibility index (Phi) is 7.90. The van der Waals surface area contributed by atoms with Crippen LogP contribution in [0.5, 0.6) is 5.75 Å². The normalized spacial score (nSPS) is 17.8. The van der Waals surface area contributed by atoms with E-state index >= 15 is 0 Å². The lowest BCUT2D eigenvalue weighted by molar-refractivity contribution is -0.117. The highest BCUT2D eigenvalue weighted by molar-refractivity contribution is 5.75. The van der Waals surface area contributed by atoms with Gasteiger partial charge in [-0.3, -0.25) is 0 Å². The molecule has 1 aliphatic rings. The van der Waals surface area contributed by atoms with E-state index in [2.05, 4.69) is 12.1 Å². The fourth-order valence-electron chi connectivity index (χ4n) is 4.44. The summed E-state index contributed by atoms with van der Waals surface area (Å²) >= 11 is 0. The van der Waals surface area contributed by atoms with Crippen molar-refractivity contribution in [2.45, 2.75) is 64.3 Å². The number of carbonyl (C=O) groups is 1. The van der Waals surface area contributed by atoms with Gasteiger partial charge in [-0.05, 0) is 79.1 Å². The first kappa shape index (κ1) is 23.2. The fourth-order valence-corrected chi connectivity index (χ4v) is 4.44. The molecule has 4 rings (SSSR count). The van der Waals surface area contributed by atoms with Crippen molar-refractivity contribution in [2.24, 2.45) is 0 Å². The number of benzene rings is 3. The Labute approximate surface area is 195 Å². The average molecular weight is 447 g/mol. The van der Waals surface area contributed by atoms with Crippen LogP contribution in [-0.4, -0.2) is 18.0 Å². The molecule has 0 aliphatic heterocycles. The first-order chi connectivity index (χ1) is 16.1. The molecule has 0 amide bonds. The van der Waals surface area contributed by atoms with Crippen molar-refractivity contribution in [3.8, 4) is 16.9 Å². The lowest BCUT2D eigenvalue weighted by Gasteiger charge is -2.17. The molecule has 1 aliphatic carbocycles. The van der Waals surface area contributed by atoms with E-state index in [1.165, 1.54) is 11.6 Å². The van der Waals surface area contributed by atoms with Gasteiger partial charge in [-0.2, -0.15) is 0 Å². The summed E-state index contributed by atoms with van der Waals surface area (Å²) in [6.45, 7) is 2.24. The van der Waals surface area contributed by atoms with Crippen LogP contribution >= 0.6 is 0 Å². The third kappa shape index (κ3) is 6.75. The van der Waals surface area contributed by atoms with E-state index in [0.717, 1.165) is 54.5 Å². The molecule has 0 radical (unpaired) electrons. The van der Waals surface area contributed by atoms with Gasteiger partial charge >= 0.3 is 0 Å². The molecule has 1 fully saturated rings. The summed E-state index contributed by atoms with van der Waals surface area (Å²) in [6, 6.07) is 22.9. The fraction of sp³-hybridized carbons (Fsp3) is 0.345. The Morgan fingerprint density at radius 3 is 2.58 bits per heavy atom. The largest absolute Gasteiger partial charge is 0.490 e. The van der Waals surface area contributed by atoms with E-state index in [4.69, 9.17) is 9.47 Å². The molecule has 2 atom stereocenters. The highest BCUT2D eigenvalue weighted by atomic mass is 19.1. The highest BCUT2D eigenvalue weighted by Gasteiger charge is 2.27. The molecular formula is C29H31FO3. The van der Waals surface area contributed by atoms with Gasteiger partial charge in [0.2, 0.25) is 0 Å². The monoisotopic (exact) mass is 446 g/mol. The molecule has 0 spiro atoms. The maximum atomic E-state index is 13.9. The Bertz CT molecular complexity index is 1060. The van der Waals surface area contributed by atoms with Gasteiger partial charge in [-0.1, -0.05) is 48.5 Å². The molecule has 172 valence electrons. The Morgan fingerprint density at radius 2 is 1.79 bits per heavy atom. The van der Waals surface area contributed by atoms with Crippen molar-refractivity contribution in [2.75, 3.05) is 0 Å². The van der Waals surface area contributed by atoms with E-state index in [1.807, 2.05) is 42.5 Å². The van der Waals surface area contributed by atoms with E-state index < -0.39 is 0 Å². The van der Waals surface area contributed by atoms with Crippen molar-refractivity contribution in [3.05, 3.63) is 89.7 Å². The van der Waals surface area contributed by atoms with Crippen LogP contribution < -0.4 is 4.74 Å². The number of rotatable bonds is 10. The average Bonchev–Trinajstić information content (AvgIpc) is 3.26. The standard InChI is InChI=1S/C29H31FO3/c1-21(31)7-5-10-23-13-14-28(19-29(23)24-11-6-12-25(30)17-24)33-27-16-15-26(18-27)32-20-22-8-3-2-4-9-22/h2-4,6,8-9,11-14,17,19,26-27H,5,7,10,15-16,18,20H2,1H3/t26-,27-/m1/s1. The molecule has 1 saturated carbocycles. The maximum Gasteiger partial charge on any atom is 0.129 e. The van der Waals surface area contributed by atoms with E-state index in [0.29, 0.717) is 13.0 Å². The molecule has 0 N–H and O–H groups in total. The minimum Gasteiger partial charge on any atom is -0.490 e. The van der Waals surface area contributed by atoms with Crippen molar-refractivity contribution in [1.82, 2.24) is 0 Å². The van der Waals surface area contributed by atoms with Gasteiger partial charge in [-0.15, -0.1) is 0 Å². The minimum atomic E-state index is -0.261.